The van der Waals surface area contributed by atoms with Crippen molar-refractivity contribution in [2.24, 2.45) is 7.05 Å². The van der Waals surface area contributed by atoms with Gasteiger partial charge in [-0.15, -0.1) is 0 Å². The number of fused-ring (bicyclic) bond motifs is 1. The summed E-state index contributed by atoms with van der Waals surface area (Å²) in [4.78, 5) is 19.5. The molecular formula is C20H23N5O2. The van der Waals surface area contributed by atoms with Crippen LogP contribution in [0.25, 0.3) is 10.9 Å². The Labute approximate surface area is 157 Å². The number of pyridine rings is 1. The van der Waals surface area contributed by atoms with Crippen molar-refractivity contribution < 1.29 is 9.53 Å². The van der Waals surface area contributed by atoms with Crippen molar-refractivity contribution in [1.82, 2.24) is 25.0 Å². The topological polar surface area (TPSA) is 72.3 Å². The van der Waals surface area contributed by atoms with Crippen molar-refractivity contribution in [2.75, 3.05) is 26.7 Å². The third-order valence-corrected chi connectivity index (χ3v) is 5.00. The Hall–Kier alpha value is -2.77. The standard InChI is InChI=1S/C20H23N5O2/c1-21-20(26)16-11-18(23-17-6-4-3-5-15(16)17)19-13-25(9-10-27-19)12-14-7-8-22-24(14)2/h3-8,11,19H,9-10,12-13H2,1-2H3,(H,21,26). The first-order chi connectivity index (χ1) is 13.2. The SMILES string of the molecule is CNC(=O)c1cc(C2CN(Cc3ccnn3C)CCO2)nc2ccccc12. The molecule has 7 nitrogen and oxygen atoms in total. The second-order valence-electron chi connectivity index (χ2n) is 6.73. The lowest BCUT2D eigenvalue weighted by atomic mass is 10.0. The van der Waals surface area contributed by atoms with Gasteiger partial charge in [-0.1, -0.05) is 18.2 Å². The summed E-state index contributed by atoms with van der Waals surface area (Å²) < 4.78 is 7.89. The minimum Gasteiger partial charge on any atom is -0.369 e. The van der Waals surface area contributed by atoms with Crippen LogP contribution >= 0.6 is 0 Å². The minimum absolute atomic E-state index is 0.114. The minimum atomic E-state index is -0.167. The first-order valence-electron chi connectivity index (χ1n) is 9.08. The molecule has 0 aliphatic carbocycles. The van der Waals surface area contributed by atoms with Gasteiger partial charge in [0.1, 0.15) is 6.10 Å². The van der Waals surface area contributed by atoms with Crippen LogP contribution in [0, 0.1) is 0 Å². The van der Waals surface area contributed by atoms with Gasteiger partial charge in [0.2, 0.25) is 0 Å². The molecule has 0 radical (unpaired) electrons. The van der Waals surface area contributed by atoms with Crippen molar-refractivity contribution in [2.45, 2.75) is 12.6 Å². The van der Waals surface area contributed by atoms with Crippen LogP contribution in [0.3, 0.4) is 0 Å². The average Bonchev–Trinajstić information content (AvgIpc) is 3.11. The molecule has 4 rings (SSSR count). The number of para-hydroxylation sites is 1. The van der Waals surface area contributed by atoms with Gasteiger partial charge in [-0.3, -0.25) is 14.4 Å². The van der Waals surface area contributed by atoms with E-state index in [0.717, 1.165) is 41.9 Å². The third-order valence-electron chi connectivity index (χ3n) is 5.00. The van der Waals surface area contributed by atoms with E-state index in [-0.39, 0.29) is 12.0 Å². The molecule has 140 valence electrons. The molecule has 1 atom stereocenters. The van der Waals surface area contributed by atoms with E-state index in [4.69, 9.17) is 9.72 Å². The Kier molecular flexibility index (Phi) is 4.87. The van der Waals surface area contributed by atoms with Crippen molar-refractivity contribution in [3.8, 4) is 0 Å². The molecule has 1 saturated heterocycles. The number of benzene rings is 1. The maximum Gasteiger partial charge on any atom is 0.251 e. The smallest absolute Gasteiger partial charge is 0.251 e. The Balaban J connectivity index is 1.63. The van der Waals surface area contributed by atoms with E-state index in [0.29, 0.717) is 12.2 Å². The molecule has 0 spiro atoms. The first kappa shape index (κ1) is 17.6. The predicted octanol–water partition coefficient (Wildman–Crippen LogP) is 1.90. The number of nitrogens with zero attached hydrogens (tertiary/aromatic N) is 4. The summed E-state index contributed by atoms with van der Waals surface area (Å²) in [6.07, 6.45) is 1.65. The molecule has 0 saturated carbocycles. The zero-order valence-corrected chi connectivity index (χ0v) is 15.6. The molecule has 1 N–H and O–H groups in total. The second-order valence-corrected chi connectivity index (χ2v) is 6.73. The lowest BCUT2D eigenvalue weighted by Gasteiger charge is -2.32. The van der Waals surface area contributed by atoms with E-state index in [1.54, 1.807) is 7.05 Å². The van der Waals surface area contributed by atoms with Crippen LogP contribution in [-0.4, -0.2) is 52.3 Å². The fourth-order valence-electron chi connectivity index (χ4n) is 3.49. The molecule has 1 amide bonds. The molecule has 0 bridgehead atoms. The van der Waals surface area contributed by atoms with Crippen LogP contribution in [0.1, 0.15) is 27.8 Å². The molecule has 2 aromatic heterocycles. The second kappa shape index (κ2) is 7.46. The van der Waals surface area contributed by atoms with E-state index in [2.05, 4.69) is 15.3 Å². The van der Waals surface area contributed by atoms with Gasteiger partial charge in [-0.25, -0.2) is 4.98 Å². The van der Waals surface area contributed by atoms with Crippen LogP contribution in [0.15, 0.2) is 42.6 Å². The summed E-state index contributed by atoms with van der Waals surface area (Å²) in [5, 5.41) is 7.81. The van der Waals surface area contributed by atoms with Gasteiger partial charge in [0.25, 0.3) is 5.91 Å². The van der Waals surface area contributed by atoms with Crippen molar-refractivity contribution in [3.05, 3.63) is 59.5 Å². The number of carbonyl (C=O) groups excluding carboxylic acids is 1. The van der Waals surface area contributed by atoms with Crippen LogP contribution in [-0.2, 0) is 18.3 Å². The zero-order valence-electron chi connectivity index (χ0n) is 15.6. The van der Waals surface area contributed by atoms with Crippen molar-refractivity contribution in [3.63, 3.8) is 0 Å². The Morgan fingerprint density at radius 2 is 2.19 bits per heavy atom. The van der Waals surface area contributed by atoms with Crippen molar-refractivity contribution in [1.29, 1.82) is 0 Å². The Morgan fingerprint density at radius 3 is 2.96 bits per heavy atom. The van der Waals surface area contributed by atoms with Crippen molar-refractivity contribution >= 4 is 16.8 Å². The number of aryl methyl sites for hydroxylation is 1. The fourth-order valence-corrected chi connectivity index (χ4v) is 3.49. The average molecular weight is 365 g/mol. The number of carbonyl (C=O) groups is 1. The Bertz CT molecular complexity index is 968. The van der Waals surface area contributed by atoms with Gasteiger partial charge in [0.15, 0.2) is 0 Å². The first-order valence-corrected chi connectivity index (χ1v) is 9.08. The zero-order chi connectivity index (χ0) is 18.8. The van der Waals surface area contributed by atoms with Gasteiger partial charge in [0.05, 0.1) is 29.1 Å². The summed E-state index contributed by atoms with van der Waals surface area (Å²) in [6.45, 7) is 3.03. The number of rotatable bonds is 4. The van der Waals surface area contributed by atoms with Gasteiger partial charge in [-0.05, 0) is 18.2 Å². The number of nitrogens with one attached hydrogen (secondary N) is 1. The Morgan fingerprint density at radius 1 is 1.33 bits per heavy atom. The van der Waals surface area contributed by atoms with Gasteiger partial charge < -0.3 is 10.1 Å². The molecule has 1 unspecified atom stereocenters. The molecule has 3 aromatic rings. The maximum absolute atomic E-state index is 12.4. The molecule has 1 aromatic carbocycles. The fraction of sp³-hybridized carbons (Fsp3) is 0.350. The molecular weight excluding hydrogens is 342 g/mol. The van der Waals surface area contributed by atoms with Gasteiger partial charge >= 0.3 is 0 Å². The number of ether oxygens (including phenoxy) is 1. The lowest BCUT2D eigenvalue weighted by molar-refractivity contribution is -0.0355. The monoisotopic (exact) mass is 365 g/mol. The largest absolute Gasteiger partial charge is 0.369 e. The predicted molar refractivity (Wildman–Crippen MR) is 102 cm³/mol. The molecule has 1 aliphatic rings. The van der Waals surface area contributed by atoms with E-state index < -0.39 is 0 Å². The van der Waals surface area contributed by atoms with Crippen LogP contribution < -0.4 is 5.32 Å². The van der Waals surface area contributed by atoms with Gasteiger partial charge in [-0.2, -0.15) is 5.10 Å². The number of hydrogen-bond donors (Lipinski definition) is 1. The van der Waals surface area contributed by atoms with Crippen LogP contribution in [0.5, 0.6) is 0 Å². The highest BCUT2D eigenvalue weighted by molar-refractivity contribution is 6.06. The van der Waals surface area contributed by atoms with Crippen LogP contribution in [0.2, 0.25) is 0 Å². The number of aromatic nitrogens is 3. The highest BCUT2D eigenvalue weighted by Crippen LogP contribution is 2.26. The van der Waals surface area contributed by atoms with Crippen LogP contribution in [0.4, 0.5) is 0 Å². The van der Waals surface area contributed by atoms with E-state index in [9.17, 15) is 4.79 Å². The number of hydrogen-bond acceptors (Lipinski definition) is 5. The molecule has 1 aliphatic heterocycles. The summed E-state index contributed by atoms with van der Waals surface area (Å²) in [5.74, 6) is -0.114. The van der Waals surface area contributed by atoms with Gasteiger partial charge in [0, 0.05) is 45.3 Å². The third kappa shape index (κ3) is 3.56. The highest BCUT2D eigenvalue weighted by atomic mass is 16.5. The van der Waals surface area contributed by atoms with E-state index in [1.165, 1.54) is 0 Å². The quantitative estimate of drug-likeness (QED) is 0.765. The summed E-state index contributed by atoms with van der Waals surface area (Å²) in [7, 11) is 3.59. The molecule has 27 heavy (non-hydrogen) atoms. The summed E-state index contributed by atoms with van der Waals surface area (Å²) >= 11 is 0. The van der Waals surface area contributed by atoms with E-state index >= 15 is 0 Å². The lowest BCUT2D eigenvalue weighted by Crippen LogP contribution is -2.38. The normalized spacial score (nSPS) is 17.9. The van der Waals surface area contributed by atoms with E-state index in [1.807, 2.05) is 54.3 Å². The summed E-state index contributed by atoms with van der Waals surface area (Å²) in [5.41, 5.74) is 3.39. The number of morpholine rings is 1. The highest BCUT2D eigenvalue weighted by Gasteiger charge is 2.25. The number of amides is 1. The summed E-state index contributed by atoms with van der Waals surface area (Å²) in [6, 6.07) is 11.6. The molecule has 7 heteroatoms. The molecule has 1 fully saturated rings. The molecule has 3 heterocycles. The maximum atomic E-state index is 12.4.